The van der Waals surface area contributed by atoms with Crippen molar-refractivity contribution in [1.29, 1.82) is 0 Å². The lowest BCUT2D eigenvalue weighted by molar-refractivity contribution is 0.0186. The molecule has 7 heteroatoms. The molecule has 1 saturated heterocycles. The highest BCUT2D eigenvalue weighted by Crippen LogP contribution is 2.11. The predicted molar refractivity (Wildman–Crippen MR) is 93.5 cm³/mol. The lowest BCUT2D eigenvalue weighted by Crippen LogP contribution is -2.53. The molecule has 1 amide bonds. The Morgan fingerprint density at radius 3 is 2.32 bits per heavy atom. The molecule has 0 aromatic rings. The summed E-state index contributed by atoms with van der Waals surface area (Å²) in [6.07, 6.45) is 4.10. The third kappa shape index (κ3) is 7.24. The highest BCUT2D eigenvalue weighted by Gasteiger charge is 2.26. The Morgan fingerprint density at radius 2 is 1.77 bits per heavy atom. The van der Waals surface area contributed by atoms with Gasteiger partial charge in [0.25, 0.3) is 0 Å². The van der Waals surface area contributed by atoms with Crippen LogP contribution in [-0.4, -0.2) is 72.2 Å². The maximum absolute atomic E-state index is 12.0. The van der Waals surface area contributed by atoms with Gasteiger partial charge in [-0.3, -0.25) is 4.99 Å². The van der Waals surface area contributed by atoms with Gasteiger partial charge in [-0.1, -0.05) is 0 Å². The first-order chi connectivity index (χ1) is 10.3. The van der Waals surface area contributed by atoms with Crippen LogP contribution in [0.5, 0.6) is 0 Å². The van der Waals surface area contributed by atoms with Crippen LogP contribution in [0, 0.1) is 0 Å². The molecular weight excluding hydrogens is 300 g/mol. The van der Waals surface area contributed by atoms with Crippen molar-refractivity contribution in [3.8, 4) is 0 Å². The van der Waals surface area contributed by atoms with E-state index in [9.17, 15) is 4.79 Å². The van der Waals surface area contributed by atoms with E-state index in [2.05, 4.69) is 11.2 Å². The van der Waals surface area contributed by atoms with Crippen LogP contribution < -0.4 is 5.73 Å². The predicted octanol–water partition coefficient (Wildman–Crippen LogP) is 2.00. The first-order valence-electron chi connectivity index (χ1n) is 7.85. The van der Waals surface area contributed by atoms with Gasteiger partial charge in [-0.2, -0.15) is 11.8 Å². The fourth-order valence-corrected chi connectivity index (χ4v) is 2.59. The number of guanidine groups is 1. The maximum Gasteiger partial charge on any atom is 0.410 e. The highest BCUT2D eigenvalue weighted by atomic mass is 32.2. The van der Waals surface area contributed by atoms with Crippen LogP contribution in [0.3, 0.4) is 0 Å². The summed E-state index contributed by atoms with van der Waals surface area (Å²) in [5.41, 5.74) is 5.57. The number of unbranched alkanes of at least 4 members (excludes halogenated alkanes) is 1. The topological polar surface area (TPSA) is 71.2 Å². The molecular formula is C15H30N4O2S. The van der Waals surface area contributed by atoms with E-state index >= 15 is 0 Å². The Bertz CT molecular complexity index is 374. The molecule has 0 aromatic carbocycles. The van der Waals surface area contributed by atoms with Crippen molar-refractivity contribution in [3.63, 3.8) is 0 Å². The van der Waals surface area contributed by atoms with E-state index in [0.717, 1.165) is 13.0 Å². The number of hydrogen-bond donors (Lipinski definition) is 1. The zero-order chi connectivity index (χ0) is 16.6. The number of amides is 1. The van der Waals surface area contributed by atoms with Crippen LogP contribution in [0.15, 0.2) is 4.99 Å². The molecule has 0 aliphatic carbocycles. The quantitative estimate of drug-likeness (QED) is 0.474. The molecule has 1 aliphatic rings. The molecule has 6 nitrogen and oxygen atoms in total. The number of aliphatic imine (C=N–C) groups is 1. The number of carbonyl (C=O) groups excluding carboxylic acids is 1. The number of piperazine rings is 1. The second-order valence-electron chi connectivity index (χ2n) is 6.39. The Kier molecular flexibility index (Phi) is 7.85. The molecule has 0 aromatic heterocycles. The van der Waals surface area contributed by atoms with E-state index in [1.54, 1.807) is 4.90 Å². The van der Waals surface area contributed by atoms with E-state index in [4.69, 9.17) is 10.5 Å². The van der Waals surface area contributed by atoms with Crippen LogP contribution in [0.2, 0.25) is 0 Å². The monoisotopic (exact) mass is 330 g/mol. The van der Waals surface area contributed by atoms with Gasteiger partial charge in [-0.25, -0.2) is 4.79 Å². The van der Waals surface area contributed by atoms with Crippen LogP contribution in [-0.2, 0) is 4.74 Å². The maximum atomic E-state index is 12.0. The van der Waals surface area contributed by atoms with Gasteiger partial charge in [0.15, 0.2) is 5.96 Å². The van der Waals surface area contributed by atoms with Gasteiger partial charge < -0.3 is 20.3 Å². The molecule has 0 radical (unpaired) electrons. The molecule has 0 spiro atoms. The van der Waals surface area contributed by atoms with Crippen molar-refractivity contribution in [3.05, 3.63) is 0 Å². The normalized spacial score (nSPS) is 16.8. The fraction of sp³-hybridized carbons (Fsp3) is 0.867. The van der Waals surface area contributed by atoms with Gasteiger partial charge in [0.1, 0.15) is 5.60 Å². The molecule has 1 fully saturated rings. The van der Waals surface area contributed by atoms with Gasteiger partial charge in [0.05, 0.1) is 0 Å². The number of thioether (sulfide) groups is 1. The summed E-state index contributed by atoms with van der Waals surface area (Å²) in [6, 6.07) is 0. The summed E-state index contributed by atoms with van der Waals surface area (Å²) < 4.78 is 5.38. The number of carbonyl (C=O) groups is 1. The molecule has 1 aliphatic heterocycles. The van der Waals surface area contributed by atoms with E-state index in [1.165, 1.54) is 12.2 Å². The molecule has 0 saturated carbocycles. The second kappa shape index (κ2) is 9.12. The number of rotatable bonds is 5. The molecule has 0 atom stereocenters. The molecule has 1 heterocycles. The zero-order valence-corrected chi connectivity index (χ0v) is 15.1. The van der Waals surface area contributed by atoms with Crippen LogP contribution >= 0.6 is 11.8 Å². The fourth-order valence-electron chi connectivity index (χ4n) is 2.10. The van der Waals surface area contributed by atoms with Gasteiger partial charge in [-0.05, 0) is 45.6 Å². The standard InChI is InChI=1S/C15H30N4O2S/c1-15(2,3)21-14(20)19-10-8-18(9-11-19)13(16)17-7-5-6-12-22-4/h5-12H2,1-4H3,(H2,16,17). The van der Waals surface area contributed by atoms with Crippen LogP contribution in [0.1, 0.15) is 33.6 Å². The third-order valence-corrected chi connectivity index (χ3v) is 3.98. The Balaban J connectivity index is 2.32. The summed E-state index contributed by atoms with van der Waals surface area (Å²) in [4.78, 5) is 20.2. The molecule has 2 N–H and O–H groups in total. The second-order valence-corrected chi connectivity index (χ2v) is 7.38. The largest absolute Gasteiger partial charge is 0.444 e. The number of nitrogens with two attached hydrogens (primary N) is 1. The van der Waals surface area contributed by atoms with Gasteiger partial charge in [-0.15, -0.1) is 0 Å². The number of ether oxygens (including phenoxy) is 1. The minimum absolute atomic E-state index is 0.250. The summed E-state index contributed by atoms with van der Waals surface area (Å²) in [5, 5.41) is 0. The molecule has 22 heavy (non-hydrogen) atoms. The first-order valence-corrected chi connectivity index (χ1v) is 9.24. The molecule has 128 valence electrons. The lowest BCUT2D eigenvalue weighted by Gasteiger charge is -2.36. The van der Waals surface area contributed by atoms with Crippen LogP contribution in [0.4, 0.5) is 4.79 Å². The minimum Gasteiger partial charge on any atom is -0.444 e. The van der Waals surface area contributed by atoms with E-state index in [-0.39, 0.29) is 6.09 Å². The van der Waals surface area contributed by atoms with Crippen molar-refractivity contribution in [2.45, 2.75) is 39.2 Å². The van der Waals surface area contributed by atoms with E-state index in [1.807, 2.05) is 37.4 Å². The smallest absolute Gasteiger partial charge is 0.410 e. The minimum atomic E-state index is -0.453. The van der Waals surface area contributed by atoms with Crippen LogP contribution in [0.25, 0.3) is 0 Å². The molecule has 0 bridgehead atoms. The first kappa shape index (κ1) is 18.9. The van der Waals surface area contributed by atoms with Crippen molar-refractivity contribution >= 4 is 23.8 Å². The third-order valence-electron chi connectivity index (χ3n) is 3.29. The van der Waals surface area contributed by atoms with E-state index in [0.29, 0.717) is 32.1 Å². The molecule has 0 unspecified atom stereocenters. The van der Waals surface area contributed by atoms with Crippen molar-refractivity contribution in [2.24, 2.45) is 10.7 Å². The number of hydrogen-bond acceptors (Lipinski definition) is 4. The van der Waals surface area contributed by atoms with Crippen molar-refractivity contribution in [1.82, 2.24) is 9.80 Å². The number of nitrogens with zero attached hydrogens (tertiary/aromatic N) is 3. The summed E-state index contributed by atoms with van der Waals surface area (Å²) in [6.45, 7) is 9.07. The Labute approximate surface area is 138 Å². The Hall–Kier alpha value is -1.11. The van der Waals surface area contributed by atoms with Gasteiger partial charge in [0.2, 0.25) is 0 Å². The average molecular weight is 330 g/mol. The van der Waals surface area contributed by atoms with Crippen molar-refractivity contribution < 1.29 is 9.53 Å². The summed E-state index contributed by atoms with van der Waals surface area (Å²) in [5.74, 6) is 1.76. The summed E-state index contributed by atoms with van der Waals surface area (Å²) >= 11 is 1.86. The zero-order valence-electron chi connectivity index (χ0n) is 14.3. The van der Waals surface area contributed by atoms with Crippen molar-refractivity contribution in [2.75, 3.05) is 44.7 Å². The summed E-state index contributed by atoms with van der Waals surface area (Å²) in [7, 11) is 0. The average Bonchev–Trinajstić information content (AvgIpc) is 2.45. The molecule has 1 rings (SSSR count). The SMILES string of the molecule is CSCCCCN=C(N)N1CCN(C(=O)OC(C)(C)C)CC1. The van der Waals surface area contributed by atoms with Gasteiger partial charge >= 0.3 is 6.09 Å². The van der Waals surface area contributed by atoms with Gasteiger partial charge in [0, 0.05) is 32.7 Å². The lowest BCUT2D eigenvalue weighted by atomic mass is 10.2. The Morgan fingerprint density at radius 1 is 1.18 bits per heavy atom. The highest BCUT2D eigenvalue weighted by molar-refractivity contribution is 7.98. The van der Waals surface area contributed by atoms with E-state index < -0.39 is 5.60 Å².